The van der Waals surface area contributed by atoms with Gasteiger partial charge < -0.3 is 14.5 Å². The maximum absolute atomic E-state index is 14.0. The summed E-state index contributed by atoms with van der Waals surface area (Å²) in [6.07, 6.45) is 45.3. The van der Waals surface area contributed by atoms with Crippen molar-refractivity contribution >= 4 is 11.9 Å². The number of carbonyl (C=O) groups is 2. The van der Waals surface area contributed by atoms with Gasteiger partial charge in [0, 0.05) is 25.4 Å². The number of hydrogen-bond donors (Lipinski definition) is 0. The minimum Gasteiger partial charge on any atom is -0.466 e. The van der Waals surface area contributed by atoms with Crippen LogP contribution in [0.4, 0.5) is 0 Å². The molecule has 5 heteroatoms. The molecule has 1 saturated heterocycles. The smallest absolute Gasteiger partial charge is 0.305 e. The second-order valence-electron chi connectivity index (χ2n) is 17.8. The molecule has 0 aliphatic carbocycles. The Balaban J connectivity index is 2.64. The van der Waals surface area contributed by atoms with Crippen molar-refractivity contribution in [2.45, 2.75) is 271 Å². The lowest BCUT2D eigenvalue weighted by molar-refractivity contribution is -0.144. The lowest BCUT2D eigenvalue weighted by atomic mass is 9.92. The van der Waals surface area contributed by atoms with Crippen molar-refractivity contribution in [3.8, 4) is 0 Å². The highest BCUT2D eigenvalue weighted by Crippen LogP contribution is 2.23. The van der Waals surface area contributed by atoms with E-state index in [2.05, 4.69) is 37.5 Å². The normalized spacial score (nSPS) is 13.9. The van der Waals surface area contributed by atoms with Gasteiger partial charge in [-0.1, -0.05) is 195 Å². The molecule has 5 nitrogen and oxygen atoms in total. The molecule has 1 aliphatic rings. The van der Waals surface area contributed by atoms with Gasteiger partial charge in [0.15, 0.2) is 0 Å². The number of hydrogen-bond acceptors (Lipinski definition) is 4. The molecule has 0 aromatic rings. The van der Waals surface area contributed by atoms with Crippen molar-refractivity contribution in [1.82, 2.24) is 9.80 Å². The van der Waals surface area contributed by atoms with E-state index in [0.717, 1.165) is 77.2 Å². The quantitative estimate of drug-likeness (QED) is 0.0458. The zero-order valence-corrected chi connectivity index (χ0v) is 38.0. The van der Waals surface area contributed by atoms with Crippen LogP contribution in [0.2, 0.25) is 0 Å². The molecule has 1 fully saturated rings. The number of carbonyl (C=O) groups excluding carboxylic acids is 2. The molecule has 0 bridgehead atoms. The number of rotatable bonds is 42. The maximum Gasteiger partial charge on any atom is 0.305 e. The van der Waals surface area contributed by atoms with Gasteiger partial charge in [-0.05, 0) is 83.3 Å². The van der Waals surface area contributed by atoms with Crippen LogP contribution in [0.25, 0.3) is 0 Å². The Labute approximate surface area is 345 Å². The van der Waals surface area contributed by atoms with Gasteiger partial charge in [0.2, 0.25) is 5.91 Å². The van der Waals surface area contributed by atoms with Crippen LogP contribution < -0.4 is 0 Å². The number of amides is 1. The van der Waals surface area contributed by atoms with E-state index in [1.165, 1.54) is 180 Å². The topological polar surface area (TPSA) is 49.9 Å². The average molecular weight is 775 g/mol. The van der Waals surface area contributed by atoms with E-state index >= 15 is 0 Å². The van der Waals surface area contributed by atoms with E-state index in [1.54, 1.807) is 0 Å². The van der Waals surface area contributed by atoms with E-state index in [-0.39, 0.29) is 5.97 Å². The third-order valence-electron chi connectivity index (χ3n) is 12.6. The standard InChI is InChI=1S/C50H98N2O3/c1-5-9-13-15-17-19-21-27-37-48(38-28-22-23-29-40-50(54)55-46-41-47(35-25-11-7-3)36-26-12-8-4)52(45-31-24-20-18-16-14-10-6-2)49(53)39-30-32-42-51-43-33-34-44-51/h47-48H,5-46H2,1-4H3. The summed E-state index contributed by atoms with van der Waals surface area (Å²) in [6, 6.07) is 0.378. The van der Waals surface area contributed by atoms with E-state index < -0.39 is 0 Å². The Morgan fingerprint density at radius 3 is 1.47 bits per heavy atom. The van der Waals surface area contributed by atoms with Gasteiger partial charge in [0.05, 0.1) is 6.61 Å². The highest BCUT2D eigenvalue weighted by molar-refractivity contribution is 5.76. The number of ether oxygens (including phenoxy) is 1. The van der Waals surface area contributed by atoms with E-state index in [9.17, 15) is 9.59 Å². The summed E-state index contributed by atoms with van der Waals surface area (Å²) < 4.78 is 5.74. The fraction of sp³-hybridized carbons (Fsp3) is 0.960. The van der Waals surface area contributed by atoms with Gasteiger partial charge in [-0.25, -0.2) is 0 Å². The predicted octanol–water partition coefficient (Wildman–Crippen LogP) is 15.2. The molecule has 1 aliphatic heterocycles. The van der Waals surface area contributed by atoms with Gasteiger partial charge >= 0.3 is 5.97 Å². The van der Waals surface area contributed by atoms with E-state index in [0.29, 0.717) is 30.9 Å². The van der Waals surface area contributed by atoms with Crippen LogP contribution in [0.1, 0.15) is 265 Å². The van der Waals surface area contributed by atoms with Crippen LogP contribution >= 0.6 is 0 Å². The number of nitrogens with zero attached hydrogens (tertiary/aromatic N) is 2. The van der Waals surface area contributed by atoms with Crippen molar-refractivity contribution in [2.75, 3.05) is 32.8 Å². The highest BCUT2D eigenvalue weighted by atomic mass is 16.5. The summed E-state index contributed by atoms with van der Waals surface area (Å²) >= 11 is 0. The third kappa shape index (κ3) is 31.6. The largest absolute Gasteiger partial charge is 0.466 e. The SMILES string of the molecule is CCCCCCCCCCC(CCCCCCC(=O)OCCC(CCCCC)CCCCC)N(CCCCCCCCCC)C(=O)CCCCN1CCCC1. The monoisotopic (exact) mass is 775 g/mol. The average Bonchev–Trinajstić information content (AvgIpc) is 3.71. The Kier molecular flexibility index (Phi) is 37.5. The van der Waals surface area contributed by atoms with Crippen LogP contribution in [-0.4, -0.2) is 60.5 Å². The van der Waals surface area contributed by atoms with Crippen LogP contribution in [0.5, 0.6) is 0 Å². The minimum atomic E-state index is 0.000281. The van der Waals surface area contributed by atoms with E-state index in [4.69, 9.17) is 4.74 Å². The van der Waals surface area contributed by atoms with Crippen molar-refractivity contribution in [2.24, 2.45) is 5.92 Å². The lowest BCUT2D eigenvalue weighted by Gasteiger charge is -2.33. The molecule has 55 heavy (non-hydrogen) atoms. The number of unbranched alkanes of at least 4 members (excludes halogenated alkanes) is 22. The molecule has 1 unspecified atom stereocenters. The number of esters is 1. The molecular weight excluding hydrogens is 677 g/mol. The van der Waals surface area contributed by atoms with Crippen molar-refractivity contribution in [3.63, 3.8) is 0 Å². The lowest BCUT2D eigenvalue weighted by Crippen LogP contribution is -2.41. The molecule has 1 atom stereocenters. The summed E-state index contributed by atoms with van der Waals surface area (Å²) in [4.78, 5) is 31.6. The zero-order valence-electron chi connectivity index (χ0n) is 38.0. The van der Waals surface area contributed by atoms with Crippen LogP contribution in [0, 0.1) is 5.92 Å². The molecule has 0 saturated carbocycles. The fourth-order valence-electron chi connectivity index (χ4n) is 8.87. The summed E-state index contributed by atoms with van der Waals surface area (Å²) in [5.41, 5.74) is 0. The zero-order chi connectivity index (χ0) is 39.9. The molecule has 0 aromatic carbocycles. The predicted molar refractivity (Wildman–Crippen MR) is 240 cm³/mol. The summed E-state index contributed by atoms with van der Waals surface area (Å²) in [5, 5.41) is 0. The Morgan fingerprint density at radius 2 is 0.927 bits per heavy atom. The molecule has 1 amide bonds. The molecule has 1 heterocycles. The maximum atomic E-state index is 14.0. The van der Waals surface area contributed by atoms with Gasteiger partial charge in [0.1, 0.15) is 0 Å². The summed E-state index contributed by atoms with van der Waals surface area (Å²) in [5.74, 6) is 1.14. The first-order valence-electron chi connectivity index (χ1n) is 25.2. The van der Waals surface area contributed by atoms with Gasteiger partial charge in [0.25, 0.3) is 0 Å². The first-order chi connectivity index (χ1) is 27.0. The van der Waals surface area contributed by atoms with Crippen molar-refractivity contribution in [1.29, 1.82) is 0 Å². The molecule has 1 rings (SSSR count). The number of likely N-dealkylation sites (tertiary alicyclic amines) is 1. The summed E-state index contributed by atoms with van der Waals surface area (Å²) in [7, 11) is 0. The van der Waals surface area contributed by atoms with Gasteiger partial charge in [-0.3, -0.25) is 9.59 Å². The van der Waals surface area contributed by atoms with Crippen molar-refractivity contribution in [3.05, 3.63) is 0 Å². The Bertz CT molecular complexity index is 818. The Hall–Kier alpha value is -1.10. The van der Waals surface area contributed by atoms with Crippen molar-refractivity contribution < 1.29 is 14.3 Å². The fourth-order valence-corrected chi connectivity index (χ4v) is 8.87. The molecule has 0 spiro atoms. The van der Waals surface area contributed by atoms with E-state index in [1.807, 2.05) is 0 Å². The first kappa shape index (κ1) is 51.9. The van der Waals surface area contributed by atoms with Gasteiger partial charge in [-0.15, -0.1) is 0 Å². The molecule has 0 radical (unpaired) electrons. The first-order valence-corrected chi connectivity index (χ1v) is 25.2. The summed E-state index contributed by atoms with van der Waals surface area (Å²) in [6.45, 7) is 14.4. The van der Waals surface area contributed by atoms with Crippen LogP contribution in [0.3, 0.4) is 0 Å². The minimum absolute atomic E-state index is 0.000281. The van der Waals surface area contributed by atoms with Crippen LogP contribution in [-0.2, 0) is 14.3 Å². The molecule has 0 aromatic heterocycles. The molecule has 326 valence electrons. The molecule has 0 N–H and O–H groups in total. The Morgan fingerprint density at radius 1 is 0.491 bits per heavy atom. The van der Waals surface area contributed by atoms with Gasteiger partial charge in [-0.2, -0.15) is 0 Å². The highest BCUT2D eigenvalue weighted by Gasteiger charge is 2.23. The third-order valence-corrected chi connectivity index (χ3v) is 12.6. The van der Waals surface area contributed by atoms with Crippen LogP contribution in [0.15, 0.2) is 0 Å². The molecular formula is C50H98N2O3. The second-order valence-corrected chi connectivity index (χ2v) is 17.8. The second kappa shape index (κ2) is 39.7.